The van der Waals surface area contributed by atoms with Gasteiger partial charge in [0.25, 0.3) is 5.56 Å². The molecule has 1 saturated heterocycles. The summed E-state index contributed by atoms with van der Waals surface area (Å²) in [4.78, 5) is 15.0. The van der Waals surface area contributed by atoms with Crippen molar-refractivity contribution in [2.24, 2.45) is 0 Å². The normalized spacial score (nSPS) is 16.7. The highest BCUT2D eigenvalue weighted by atomic mass is 19.4. The topological polar surface area (TPSA) is 50.3 Å². The van der Waals surface area contributed by atoms with Crippen molar-refractivity contribution in [3.05, 3.63) is 40.8 Å². The molecule has 0 bridgehead atoms. The lowest BCUT2D eigenvalue weighted by molar-refractivity contribution is -0.274. The van der Waals surface area contributed by atoms with Crippen LogP contribution in [0, 0.1) is 0 Å². The van der Waals surface area contributed by atoms with E-state index in [0.29, 0.717) is 23.7 Å². The van der Waals surface area contributed by atoms with E-state index < -0.39 is 6.36 Å². The lowest BCUT2D eigenvalue weighted by Crippen LogP contribution is -2.41. The summed E-state index contributed by atoms with van der Waals surface area (Å²) >= 11 is 0. The number of alkyl halides is 3. The van der Waals surface area contributed by atoms with Gasteiger partial charge in [-0.3, -0.25) is 19.5 Å². The fourth-order valence-corrected chi connectivity index (χ4v) is 3.94. The van der Waals surface area contributed by atoms with Gasteiger partial charge in [-0.25, -0.2) is 0 Å². The highest BCUT2D eigenvalue weighted by Gasteiger charge is 2.31. The van der Waals surface area contributed by atoms with Gasteiger partial charge in [0.05, 0.1) is 12.1 Å². The zero-order valence-electron chi connectivity index (χ0n) is 16.7. The second-order valence-corrected chi connectivity index (χ2v) is 7.60. The molecule has 2 aromatic rings. The molecule has 1 aliphatic rings. The molecule has 0 radical (unpaired) electrons. The summed E-state index contributed by atoms with van der Waals surface area (Å²) in [5.74, 6) is -0.337. The number of halogens is 3. The average molecular weight is 411 g/mol. The van der Waals surface area contributed by atoms with Gasteiger partial charge >= 0.3 is 6.36 Å². The molecule has 1 N–H and O–H groups in total. The van der Waals surface area contributed by atoms with E-state index in [2.05, 4.69) is 21.7 Å². The first-order valence-corrected chi connectivity index (χ1v) is 10.3. The molecule has 0 amide bonds. The van der Waals surface area contributed by atoms with Gasteiger partial charge in [0.15, 0.2) is 0 Å². The zero-order chi connectivity index (χ0) is 20.9. The monoisotopic (exact) mass is 411 g/mol. The minimum absolute atomic E-state index is 0.318. The number of ether oxygens (including phenoxy) is 1. The number of rotatable bonds is 8. The van der Waals surface area contributed by atoms with Gasteiger partial charge < -0.3 is 4.74 Å². The molecule has 29 heavy (non-hydrogen) atoms. The molecule has 1 aromatic carbocycles. The highest BCUT2D eigenvalue weighted by molar-refractivity contribution is 5.63. The quantitative estimate of drug-likeness (QED) is 0.680. The summed E-state index contributed by atoms with van der Waals surface area (Å²) in [6.45, 7) is 4.97. The fraction of sp³-hybridized carbons (Fsp3) is 0.571. The number of hydrogen-bond acceptors (Lipinski definition) is 3. The molecule has 5 nitrogen and oxygen atoms in total. The molecule has 3 rings (SSSR count). The predicted octanol–water partition coefficient (Wildman–Crippen LogP) is 4.79. The third-order valence-electron chi connectivity index (χ3n) is 5.36. The maximum Gasteiger partial charge on any atom is 0.573 e. The van der Waals surface area contributed by atoms with Gasteiger partial charge in [0, 0.05) is 12.2 Å². The number of nitrogens with one attached hydrogen (secondary N) is 1. The summed E-state index contributed by atoms with van der Waals surface area (Å²) in [5.41, 5.74) is 0.419. The molecule has 0 spiro atoms. The Morgan fingerprint density at radius 2 is 1.97 bits per heavy atom. The average Bonchev–Trinajstić information content (AvgIpc) is 3.05. The Kier molecular flexibility index (Phi) is 7.05. The van der Waals surface area contributed by atoms with Gasteiger partial charge in [0.2, 0.25) is 0 Å². The standard InChI is InChI=1S/C21H28F3N3O2/c1-2-3-9-17(26-11-5-4-6-12-26)14-27-15-19(20(28)25-27)16-8-7-10-18(13-16)29-21(22,23)24/h7-8,10,13,15,17H,2-6,9,11-12,14H2,1H3,(H,25,28). The molecule has 0 aliphatic carbocycles. The summed E-state index contributed by atoms with van der Waals surface area (Å²) in [7, 11) is 0. The van der Waals surface area contributed by atoms with Crippen LogP contribution in [0.15, 0.2) is 35.3 Å². The maximum absolute atomic E-state index is 12.5. The van der Waals surface area contributed by atoms with Crippen LogP contribution in [-0.4, -0.2) is 40.2 Å². The van der Waals surface area contributed by atoms with E-state index in [1.54, 1.807) is 16.9 Å². The van der Waals surface area contributed by atoms with E-state index in [-0.39, 0.29) is 11.3 Å². The molecule has 1 fully saturated rings. The molecule has 1 atom stereocenters. The number of aromatic nitrogens is 2. The van der Waals surface area contributed by atoms with E-state index in [1.807, 2.05) is 0 Å². The summed E-state index contributed by atoms with van der Waals surface area (Å²) in [6, 6.07) is 5.86. The number of unbranched alkanes of at least 4 members (excludes halogenated alkanes) is 1. The van der Waals surface area contributed by atoms with Crippen molar-refractivity contribution in [1.82, 2.24) is 14.7 Å². The molecule has 2 heterocycles. The van der Waals surface area contributed by atoms with Crippen molar-refractivity contribution in [2.75, 3.05) is 13.1 Å². The van der Waals surface area contributed by atoms with Crippen LogP contribution in [-0.2, 0) is 6.54 Å². The minimum Gasteiger partial charge on any atom is -0.406 e. The number of nitrogens with zero attached hydrogens (tertiary/aromatic N) is 2. The van der Waals surface area contributed by atoms with E-state index in [9.17, 15) is 18.0 Å². The number of hydrogen-bond donors (Lipinski definition) is 1. The Morgan fingerprint density at radius 1 is 1.21 bits per heavy atom. The van der Waals surface area contributed by atoms with Gasteiger partial charge in [-0.15, -0.1) is 13.2 Å². The van der Waals surface area contributed by atoms with Crippen LogP contribution in [0.2, 0.25) is 0 Å². The van der Waals surface area contributed by atoms with Crippen molar-refractivity contribution in [2.45, 2.75) is 64.4 Å². The van der Waals surface area contributed by atoms with E-state index in [1.165, 1.54) is 37.5 Å². The smallest absolute Gasteiger partial charge is 0.406 e. The summed E-state index contributed by atoms with van der Waals surface area (Å²) in [5, 5.41) is 2.83. The third-order valence-corrected chi connectivity index (χ3v) is 5.36. The second kappa shape index (κ2) is 9.52. The number of benzene rings is 1. The van der Waals surface area contributed by atoms with Crippen LogP contribution in [0.25, 0.3) is 11.1 Å². The Hall–Kier alpha value is -2.22. The van der Waals surface area contributed by atoms with Crippen molar-refractivity contribution in [1.29, 1.82) is 0 Å². The Bertz CT molecular complexity index is 838. The largest absolute Gasteiger partial charge is 0.573 e. The lowest BCUT2D eigenvalue weighted by atomic mass is 10.0. The first-order valence-electron chi connectivity index (χ1n) is 10.3. The molecule has 1 aromatic heterocycles. The van der Waals surface area contributed by atoms with Crippen molar-refractivity contribution >= 4 is 0 Å². The molecule has 0 saturated carbocycles. The number of piperidine rings is 1. The number of H-pyrrole nitrogens is 1. The summed E-state index contributed by atoms with van der Waals surface area (Å²) < 4.78 is 43.2. The second-order valence-electron chi connectivity index (χ2n) is 7.60. The zero-order valence-corrected chi connectivity index (χ0v) is 16.7. The van der Waals surface area contributed by atoms with E-state index >= 15 is 0 Å². The van der Waals surface area contributed by atoms with Crippen LogP contribution in [0.3, 0.4) is 0 Å². The van der Waals surface area contributed by atoms with Crippen LogP contribution in [0.1, 0.15) is 45.4 Å². The number of likely N-dealkylation sites (tertiary alicyclic amines) is 1. The Balaban J connectivity index is 1.78. The van der Waals surface area contributed by atoms with Gasteiger partial charge in [-0.05, 0) is 50.0 Å². The first-order chi connectivity index (χ1) is 13.9. The third kappa shape index (κ3) is 6.13. The molecule has 160 valence electrons. The fourth-order valence-electron chi connectivity index (χ4n) is 3.94. The lowest BCUT2D eigenvalue weighted by Gasteiger charge is -2.34. The van der Waals surface area contributed by atoms with Crippen molar-refractivity contribution in [3.8, 4) is 16.9 Å². The number of aromatic amines is 1. The molecular formula is C21H28F3N3O2. The van der Waals surface area contributed by atoms with Gasteiger partial charge in [-0.1, -0.05) is 38.3 Å². The maximum atomic E-state index is 12.5. The van der Waals surface area contributed by atoms with Crippen LogP contribution in [0.4, 0.5) is 13.2 Å². The Morgan fingerprint density at radius 3 is 2.66 bits per heavy atom. The van der Waals surface area contributed by atoms with Gasteiger partial charge in [0.1, 0.15) is 5.75 Å². The molecular weight excluding hydrogens is 383 g/mol. The predicted molar refractivity (Wildman–Crippen MR) is 106 cm³/mol. The molecule has 1 unspecified atom stereocenters. The van der Waals surface area contributed by atoms with E-state index in [0.717, 1.165) is 32.4 Å². The SMILES string of the molecule is CCCCC(Cn1cc(-c2cccc(OC(F)(F)F)c2)c(=O)[nH]1)N1CCCCC1. The van der Waals surface area contributed by atoms with Crippen LogP contribution >= 0.6 is 0 Å². The van der Waals surface area contributed by atoms with Crippen LogP contribution in [0.5, 0.6) is 5.75 Å². The Labute approximate surface area is 168 Å². The van der Waals surface area contributed by atoms with Crippen molar-refractivity contribution < 1.29 is 17.9 Å². The van der Waals surface area contributed by atoms with Crippen LogP contribution < -0.4 is 10.3 Å². The highest BCUT2D eigenvalue weighted by Crippen LogP contribution is 2.27. The van der Waals surface area contributed by atoms with Crippen molar-refractivity contribution in [3.63, 3.8) is 0 Å². The first kappa shape index (κ1) is 21.5. The molecule has 8 heteroatoms. The molecule has 1 aliphatic heterocycles. The van der Waals surface area contributed by atoms with Gasteiger partial charge in [-0.2, -0.15) is 0 Å². The summed E-state index contributed by atoms with van der Waals surface area (Å²) in [6.07, 6.45) is 3.87. The minimum atomic E-state index is -4.77. The van der Waals surface area contributed by atoms with E-state index in [4.69, 9.17) is 0 Å².